The van der Waals surface area contributed by atoms with Crippen LogP contribution in [0.25, 0.3) is 0 Å². The highest BCUT2D eigenvalue weighted by Crippen LogP contribution is 2.24. The molecule has 3 rings (SSSR count). The summed E-state index contributed by atoms with van der Waals surface area (Å²) in [7, 11) is 0. The van der Waals surface area contributed by atoms with Gasteiger partial charge in [0.1, 0.15) is 5.75 Å². The van der Waals surface area contributed by atoms with Crippen LogP contribution >= 0.6 is 11.6 Å². The molecule has 3 aromatic rings. The number of aryl methyl sites for hydroxylation is 1. The second-order valence-electron chi connectivity index (χ2n) is 6.04. The number of hydrogen-bond acceptors (Lipinski definition) is 5. The third kappa shape index (κ3) is 4.89. The molecule has 0 spiro atoms. The van der Waals surface area contributed by atoms with Crippen LogP contribution < -0.4 is 15.4 Å². The van der Waals surface area contributed by atoms with Crippen molar-refractivity contribution >= 4 is 34.8 Å². The van der Waals surface area contributed by atoms with E-state index in [1.807, 2.05) is 0 Å². The van der Waals surface area contributed by atoms with Crippen LogP contribution in [0.5, 0.6) is 5.75 Å². The zero-order valence-electron chi connectivity index (χ0n) is 15.2. The van der Waals surface area contributed by atoms with E-state index in [9.17, 15) is 9.59 Å². The Bertz CT molecular complexity index is 985. The summed E-state index contributed by atoms with van der Waals surface area (Å²) >= 11 is 6.04. The number of hydrogen-bond donors (Lipinski definition) is 2. The molecule has 0 radical (unpaired) electrons. The van der Waals surface area contributed by atoms with E-state index in [0.29, 0.717) is 27.8 Å². The van der Waals surface area contributed by atoms with Crippen LogP contribution in [0.1, 0.15) is 23.2 Å². The molecule has 2 aromatic carbocycles. The van der Waals surface area contributed by atoms with Crippen LogP contribution in [0.2, 0.25) is 5.02 Å². The minimum Gasteiger partial charge on any atom is -0.479 e. The summed E-state index contributed by atoms with van der Waals surface area (Å²) in [5.41, 5.74) is 1.74. The van der Waals surface area contributed by atoms with Crippen molar-refractivity contribution in [2.24, 2.45) is 0 Å². The molecule has 1 aromatic heterocycles. The Morgan fingerprint density at radius 3 is 2.32 bits per heavy atom. The number of para-hydroxylation sites is 1. The van der Waals surface area contributed by atoms with E-state index >= 15 is 0 Å². The molecule has 0 saturated carbocycles. The fourth-order valence-electron chi connectivity index (χ4n) is 2.33. The lowest BCUT2D eigenvalue weighted by Crippen LogP contribution is -2.30. The van der Waals surface area contributed by atoms with Crippen LogP contribution in [-0.4, -0.2) is 23.1 Å². The lowest BCUT2D eigenvalue weighted by atomic mass is 10.2. The first-order valence-corrected chi connectivity index (χ1v) is 8.87. The maximum atomic E-state index is 12.3. The lowest BCUT2D eigenvalue weighted by Gasteiger charge is -2.15. The smallest absolute Gasteiger partial charge is 0.294 e. The Kier molecular flexibility index (Phi) is 5.96. The van der Waals surface area contributed by atoms with Crippen LogP contribution in [-0.2, 0) is 4.79 Å². The van der Waals surface area contributed by atoms with Gasteiger partial charge in [-0.1, -0.05) is 28.9 Å². The molecule has 0 bridgehead atoms. The van der Waals surface area contributed by atoms with Gasteiger partial charge in [0.05, 0.1) is 10.7 Å². The van der Waals surface area contributed by atoms with E-state index in [1.165, 1.54) is 0 Å². The second-order valence-corrected chi connectivity index (χ2v) is 6.45. The predicted molar refractivity (Wildman–Crippen MR) is 106 cm³/mol. The van der Waals surface area contributed by atoms with E-state index in [4.69, 9.17) is 20.9 Å². The summed E-state index contributed by atoms with van der Waals surface area (Å²) in [6, 6.07) is 15.1. The molecule has 0 aliphatic rings. The molecule has 1 unspecified atom stereocenters. The summed E-state index contributed by atoms with van der Waals surface area (Å²) in [5.74, 6) is -0.166. The van der Waals surface area contributed by atoms with Gasteiger partial charge in [-0.15, -0.1) is 0 Å². The highest BCUT2D eigenvalue weighted by Gasteiger charge is 2.16. The summed E-state index contributed by atoms with van der Waals surface area (Å²) in [6.07, 6.45) is -0.742. The Morgan fingerprint density at radius 1 is 1.07 bits per heavy atom. The quantitative estimate of drug-likeness (QED) is 0.644. The molecule has 0 aliphatic heterocycles. The SMILES string of the molecule is Cc1cc(C(=O)Nc2ccc(NC(=O)C(C)Oc3ccccc3Cl)cc2)on1. The van der Waals surface area contributed by atoms with E-state index in [2.05, 4.69) is 15.8 Å². The number of carbonyl (C=O) groups is 2. The summed E-state index contributed by atoms with van der Waals surface area (Å²) in [4.78, 5) is 24.3. The lowest BCUT2D eigenvalue weighted by molar-refractivity contribution is -0.122. The first-order chi connectivity index (χ1) is 13.4. The number of benzene rings is 2. The van der Waals surface area contributed by atoms with Crippen molar-refractivity contribution in [2.45, 2.75) is 20.0 Å². The van der Waals surface area contributed by atoms with Gasteiger partial charge in [-0.05, 0) is 50.2 Å². The molecule has 1 heterocycles. The van der Waals surface area contributed by atoms with Crippen LogP contribution in [0.4, 0.5) is 11.4 Å². The van der Waals surface area contributed by atoms with Crippen molar-refractivity contribution in [3.8, 4) is 5.75 Å². The highest BCUT2D eigenvalue weighted by molar-refractivity contribution is 6.32. The van der Waals surface area contributed by atoms with Gasteiger partial charge in [0.2, 0.25) is 5.76 Å². The van der Waals surface area contributed by atoms with Gasteiger partial charge in [-0.2, -0.15) is 0 Å². The third-order valence-electron chi connectivity index (χ3n) is 3.77. The Balaban J connectivity index is 1.56. The Labute approximate surface area is 166 Å². The molecule has 2 N–H and O–H groups in total. The topological polar surface area (TPSA) is 93.5 Å². The number of halogens is 1. The highest BCUT2D eigenvalue weighted by atomic mass is 35.5. The molecule has 0 fully saturated rings. The minimum atomic E-state index is -0.742. The number of rotatable bonds is 6. The summed E-state index contributed by atoms with van der Waals surface area (Å²) in [5, 5.41) is 9.55. The maximum absolute atomic E-state index is 12.3. The van der Waals surface area contributed by atoms with E-state index in [1.54, 1.807) is 68.4 Å². The standard InChI is InChI=1S/C20H18ClN3O4/c1-12-11-18(28-24-12)20(26)23-15-9-7-14(8-10-15)22-19(25)13(2)27-17-6-4-3-5-16(17)21/h3-11,13H,1-2H3,(H,22,25)(H,23,26). The van der Waals surface area contributed by atoms with Crippen LogP contribution in [0.15, 0.2) is 59.1 Å². The first kappa shape index (κ1) is 19.4. The third-order valence-corrected chi connectivity index (χ3v) is 4.08. The number of anilines is 2. The van der Waals surface area contributed by atoms with Crippen molar-refractivity contribution in [2.75, 3.05) is 10.6 Å². The van der Waals surface area contributed by atoms with Crippen LogP contribution in [0.3, 0.4) is 0 Å². The normalized spacial score (nSPS) is 11.5. The molecule has 1 atom stereocenters. The van der Waals surface area contributed by atoms with Gasteiger partial charge < -0.3 is 19.9 Å². The number of nitrogens with one attached hydrogen (secondary N) is 2. The van der Waals surface area contributed by atoms with Gasteiger partial charge in [-0.3, -0.25) is 9.59 Å². The van der Waals surface area contributed by atoms with Crippen molar-refractivity contribution in [3.05, 3.63) is 71.1 Å². The predicted octanol–water partition coefficient (Wildman–Crippen LogP) is 4.29. The second kappa shape index (κ2) is 8.58. The molecular formula is C20H18ClN3O4. The first-order valence-electron chi connectivity index (χ1n) is 8.49. The number of ether oxygens (including phenoxy) is 1. The molecule has 28 heavy (non-hydrogen) atoms. The number of aromatic nitrogens is 1. The fourth-order valence-corrected chi connectivity index (χ4v) is 2.51. The summed E-state index contributed by atoms with van der Waals surface area (Å²) < 4.78 is 10.5. The van der Waals surface area contributed by atoms with Crippen molar-refractivity contribution in [1.29, 1.82) is 0 Å². The van der Waals surface area contributed by atoms with Crippen molar-refractivity contribution in [1.82, 2.24) is 5.16 Å². The van der Waals surface area contributed by atoms with E-state index in [0.717, 1.165) is 0 Å². The van der Waals surface area contributed by atoms with Gasteiger partial charge in [-0.25, -0.2) is 0 Å². The van der Waals surface area contributed by atoms with Crippen LogP contribution in [0, 0.1) is 6.92 Å². The zero-order valence-corrected chi connectivity index (χ0v) is 16.0. The Morgan fingerprint density at radius 2 is 1.71 bits per heavy atom. The molecule has 2 amide bonds. The molecule has 0 saturated heterocycles. The minimum absolute atomic E-state index is 0.125. The van der Waals surface area contributed by atoms with Gasteiger partial charge in [0, 0.05) is 17.4 Å². The molecule has 8 heteroatoms. The number of amides is 2. The molecule has 0 aliphatic carbocycles. The van der Waals surface area contributed by atoms with E-state index in [-0.39, 0.29) is 11.7 Å². The molecule has 7 nitrogen and oxygen atoms in total. The van der Waals surface area contributed by atoms with Crippen molar-refractivity contribution in [3.63, 3.8) is 0 Å². The van der Waals surface area contributed by atoms with Gasteiger partial charge in [0.15, 0.2) is 6.10 Å². The summed E-state index contributed by atoms with van der Waals surface area (Å²) in [6.45, 7) is 3.36. The average molecular weight is 400 g/mol. The molecule has 144 valence electrons. The largest absolute Gasteiger partial charge is 0.479 e. The number of nitrogens with zero attached hydrogens (tertiary/aromatic N) is 1. The molecular weight excluding hydrogens is 382 g/mol. The monoisotopic (exact) mass is 399 g/mol. The maximum Gasteiger partial charge on any atom is 0.294 e. The van der Waals surface area contributed by atoms with Gasteiger partial charge >= 0.3 is 0 Å². The Hall–Kier alpha value is -3.32. The van der Waals surface area contributed by atoms with E-state index < -0.39 is 12.0 Å². The fraction of sp³-hybridized carbons (Fsp3) is 0.150. The van der Waals surface area contributed by atoms with Crippen molar-refractivity contribution < 1.29 is 18.8 Å². The zero-order chi connectivity index (χ0) is 20.1. The van der Waals surface area contributed by atoms with Gasteiger partial charge in [0.25, 0.3) is 11.8 Å². The average Bonchev–Trinajstić information content (AvgIpc) is 3.11. The number of carbonyl (C=O) groups excluding carboxylic acids is 2.